The third-order valence-electron chi connectivity index (χ3n) is 25.7. The molecule has 20 nitrogen and oxygen atoms in total. The summed E-state index contributed by atoms with van der Waals surface area (Å²) < 4.78 is 172. The molecular weight excluding hydrogens is 2060 g/mol. The predicted molar refractivity (Wildman–Crippen MR) is 532 cm³/mol. The van der Waals surface area contributed by atoms with Gasteiger partial charge in [0.15, 0.2) is 11.6 Å². The second kappa shape index (κ2) is 43.7. The number of benzene rings is 10. The van der Waals surface area contributed by atoms with E-state index in [1.807, 2.05) is 72.8 Å². The predicted octanol–water partition coefficient (Wildman–Crippen LogP) is 29.2. The lowest BCUT2D eigenvalue weighted by Crippen LogP contribution is -2.41. The Kier molecular flexibility index (Phi) is 31.7. The number of nitrogens with one attached hydrogen (secondary N) is 5. The number of hydrogen-bond donors (Lipinski definition) is 5. The number of methoxy groups -OCH3 is 1. The number of hydrogen-bond acceptors (Lipinski definition) is 10. The average molecular weight is 2160 g/mol. The number of carbonyl (C=O) groups excluding carboxylic acids is 5. The fourth-order valence-electron chi connectivity index (χ4n) is 19.3. The highest BCUT2D eigenvalue weighted by Gasteiger charge is 2.44. The zero-order chi connectivity index (χ0) is 102. The zero-order valence-electron chi connectivity index (χ0n) is 77.0. The molecule has 5 aliphatic heterocycles. The van der Waals surface area contributed by atoms with Crippen LogP contribution in [0.3, 0.4) is 0 Å². The van der Waals surface area contributed by atoms with E-state index in [-0.39, 0.29) is 50.3 Å². The number of nitrogens with zero attached hydrogens (tertiary/aromatic N) is 5. The van der Waals surface area contributed by atoms with Crippen molar-refractivity contribution in [1.29, 1.82) is 0 Å². The Morgan fingerprint density at radius 1 is 0.357 bits per heavy atom. The van der Waals surface area contributed by atoms with E-state index in [1.54, 1.807) is 47.9 Å². The van der Waals surface area contributed by atoms with E-state index in [0.29, 0.717) is 102 Å². The van der Waals surface area contributed by atoms with Crippen LogP contribution in [-0.4, -0.2) is 158 Å². The number of fused-ring (bicyclic) bond motifs is 15. The minimum Gasteiger partial charge on any atom is -0.453 e. The number of halogens is 18. The van der Waals surface area contributed by atoms with E-state index < -0.39 is 95.4 Å². The molecule has 15 aromatic rings. The van der Waals surface area contributed by atoms with Crippen molar-refractivity contribution in [3.05, 3.63) is 349 Å². The van der Waals surface area contributed by atoms with Gasteiger partial charge in [0.25, 0.3) is 0 Å². The lowest BCUT2D eigenvalue weighted by molar-refractivity contribution is -0.138. The summed E-state index contributed by atoms with van der Waals surface area (Å²) in [5.41, 5.74) is 15.8. The maximum absolute atomic E-state index is 13.9. The van der Waals surface area contributed by atoms with E-state index in [4.69, 9.17) is 93.3 Å². The molecule has 10 aromatic carbocycles. The van der Waals surface area contributed by atoms with Crippen LogP contribution in [0.15, 0.2) is 211 Å². The molecule has 0 radical (unpaired) electrons. The largest absolute Gasteiger partial charge is 0.453 e. The number of aromatic amines is 5. The number of H-pyrrole nitrogens is 5. The molecule has 0 fully saturated rings. The van der Waals surface area contributed by atoms with Crippen molar-refractivity contribution in [3.8, 4) is 0 Å². The third kappa shape index (κ3) is 22.2. The summed E-state index contributed by atoms with van der Waals surface area (Å²) in [6, 6.07) is 52.3. The van der Waals surface area contributed by atoms with Crippen molar-refractivity contribution >= 4 is 171 Å². The summed E-state index contributed by atoms with van der Waals surface area (Å²) in [6.45, 7) is 10.3. The highest BCUT2D eigenvalue weighted by atomic mass is 79.9. The van der Waals surface area contributed by atoms with Gasteiger partial charge in [-0.2, -0.15) is 39.5 Å². The van der Waals surface area contributed by atoms with Crippen LogP contribution < -0.4 is 0 Å². The van der Waals surface area contributed by atoms with Gasteiger partial charge in [0.2, 0.25) is 0 Å². The van der Waals surface area contributed by atoms with Crippen LogP contribution in [0, 0.1) is 11.6 Å². The Morgan fingerprint density at radius 3 is 0.958 bits per heavy atom. The first-order valence-electron chi connectivity index (χ1n) is 45.6. The quantitative estimate of drug-likeness (QED) is 0.0442. The van der Waals surface area contributed by atoms with Gasteiger partial charge in [0, 0.05) is 140 Å². The van der Waals surface area contributed by atoms with E-state index in [0.717, 1.165) is 175 Å². The van der Waals surface area contributed by atoms with Gasteiger partial charge in [-0.15, -0.1) is 23.2 Å². The van der Waals surface area contributed by atoms with E-state index >= 15 is 0 Å². The van der Waals surface area contributed by atoms with Crippen LogP contribution in [-0.2, 0) is 74.3 Å². The maximum Gasteiger partial charge on any atom is 0.416 e. The monoisotopic (exact) mass is 2150 g/mol. The molecule has 5 aliphatic rings. The normalized spacial score (nSPS) is 16.6. The highest BCUT2D eigenvalue weighted by Crippen LogP contribution is 2.49. The summed E-state index contributed by atoms with van der Waals surface area (Å²) in [4.78, 5) is 87.6. The van der Waals surface area contributed by atoms with Gasteiger partial charge in [0.1, 0.15) is 43.4 Å². The molecule has 5 unspecified atom stereocenters. The van der Waals surface area contributed by atoms with Crippen LogP contribution in [0.25, 0.3) is 54.5 Å². The highest BCUT2D eigenvalue weighted by molar-refractivity contribution is 9.10. The molecule has 0 saturated heterocycles. The summed E-state index contributed by atoms with van der Waals surface area (Å²) >= 11 is 39.4. The smallest absolute Gasteiger partial charge is 0.416 e. The SMILES string of the molecule is CCOC(=O)N1CCc2c([nH]c3ccc(Br)cc23)C1c1cccc(C(F)(F)F)c1.CCOC(=O)N1CCc2c([nH]c3ccc(Cl)cc23)C1c1ccc(C(F)(F)F)cc1.COC(=O)N1CCc2c([nH]c3ccc(Cl)cc23)C1c1ccc(C(C)C)cc1.O=C(OCCCl)N1CCc2c([nH]c3ccc(Cl)cc23)C1c1ccc(C(F)(F)F)cc1.O=C(OCCCl)N1CCc2c([nH]c3ccc(Cl)cc23)C1c1ccc(F)c(F)c1. The summed E-state index contributed by atoms with van der Waals surface area (Å²) in [6.07, 6.45) is -12.7. The summed E-state index contributed by atoms with van der Waals surface area (Å²) in [5.74, 6) is -1.13. The number of carbonyl (C=O) groups is 5. The summed E-state index contributed by atoms with van der Waals surface area (Å²) in [7, 11) is 1.43. The van der Waals surface area contributed by atoms with Crippen molar-refractivity contribution in [2.45, 2.75) is 114 Å². The number of amides is 5. The lowest BCUT2D eigenvalue weighted by Gasteiger charge is -2.35. The van der Waals surface area contributed by atoms with Crippen molar-refractivity contribution in [1.82, 2.24) is 49.4 Å². The standard InChI is InChI=1S/C22H23ClN2O2.C21H18BrF3N2O2.C21H17Cl2F3N2O2.C21H18ClF3N2O2.C20H16Cl2F2N2O2/c1-13(2)14-4-6-15(7-5-14)21-20-17(10-11-25(21)22(26)27-3)18-12-16(23)8-9-19(18)24-20;1-2-29-20(28)27-9-8-15-16-11-14(22)6-7-17(16)26-18(15)19(27)12-4-3-5-13(10-12)21(23,24)25;22-8-10-30-20(29)28-9-7-15-16-11-14(23)5-6-17(16)27-18(15)19(28)12-1-3-13(4-2-12)21(24,25)26;1-2-29-20(28)27-10-9-15-16-11-14(22)7-8-17(16)26-18(15)19(27)12-3-5-13(6-4-12)21(23,24)25;21-6-8-28-20(27)26-7-5-13-14-10-12(22)2-4-17(14)25-18(13)19(26)11-1-3-15(23)16(24)9-11/h4-9,12-13,21,24H,10-11H2,1-3H3;3-7,10-11,19,26H,2,8-9H2,1H3;1-6,11,19,27H,7-10H2;3-8,11,19,26H,2,9-10H2,1H3;1-4,9-10,19,25H,5-8H2. The van der Waals surface area contributed by atoms with E-state index in [1.165, 1.54) is 69.3 Å². The molecule has 5 N–H and O–H groups in total. The molecule has 0 saturated carbocycles. The molecule has 0 aliphatic carbocycles. The average Bonchev–Trinajstić information content (AvgIpc) is 1.63. The third-order valence-corrected chi connectivity index (χ3v) is 27.5. The van der Waals surface area contributed by atoms with E-state index in [2.05, 4.69) is 79.0 Å². The molecule has 38 heteroatoms. The first-order valence-corrected chi connectivity index (χ1v) is 49.0. The zero-order valence-corrected chi connectivity index (χ0v) is 83.2. The Labute approximate surface area is 851 Å². The number of aromatic nitrogens is 5. The lowest BCUT2D eigenvalue weighted by atomic mass is 9.91. The van der Waals surface area contributed by atoms with E-state index in [9.17, 15) is 72.3 Å². The number of rotatable bonds is 12. The fraction of sp³-hybridized carbons (Fsp3) is 0.286. The minimum atomic E-state index is -4.46. The maximum atomic E-state index is 13.9. The first-order chi connectivity index (χ1) is 68.4. The topological polar surface area (TPSA) is 227 Å². The molecule has 20 rings (SSSR count). The first kappa shape index (κ1) is 104. The van der Waals surface area contributed by atoms with Crippen LogP contribution in [0.4, 0.5) is 72.3 Å². The van der Waals surface area contributed by atoms with Crippen molar-refractivity contribution < 1.29 is 96.0 Å². The van der Waals surface area contributed by atoms with Gasteiger partial charge in [-0.3, -0.25) is 24.5 Å². The number of ether oxygens (including phenoxy) is 5. The van der Waals surface area contributed by atoms with Gasteiger partial charge < -0.3 is 48.6 Å². The van der Waals surface area contributed by atoms with Gasteiger partial charge in [-0.1, -0.05) is 143 Å². The molecule has 5 aromatic heterocycles. The summed E-state index contributed by atoms with van der Waals surface area (Å²) in [5, 5.41) is 7.46. The molecule has 748 valence electrons. The van der Waals surface area contributed by atoms with Crippen LogP contribution in [0.5, 0.6) is 0 Å². The Balaban J connectivity index is 0.000000128. The second-order valence-electron chi connectivity index (χ2n) is 34.6. The minimum absolute atomic E-state index is 0.0474. The van der Waals surface area contributed by atoms with Crippen molar-refractivity contribution in [2.75, 3.05) is 78.0 Å². The van der Waals surface area contributed by atoms with Gasteiger partial charge >= 0.3 is 49.0 Å². The second-order valence-corrected chi connectivity index (χ2v) is 38.0. The van der Waals surface area contributed by atoms with Crippen molar-refractivity contribution in [2.24, 2.45) is 0 Å². The van der Waals surface area contributed by atoms with Gasteiger partial charge in [0.05, 0.1) is 48.8 Å². The fourth-order valence-corrected chi connectivity index (χ4v) is 20.5. The Morgan fingerprint density at radius 2 is 0.650 bits per heavy atom. The molecular formula is C105H92BrCl6F11N10O10. The molecule has 5 amide bonds. The molecule has 5 atom stereocenters. The number of alkyl halides is 11. The van der Waals surface area contributed by atoms with Gasteiger partial charge in [-0.25, -0.2) is 32.8 Å². The van der Waals surface area contributed by atoms with Crippen LogP contribution in [0.1, 0.15) is 170 Å². The Bertz CT molecular complexity index is 7240. The van der Waals surface area contributed by atoms with Crippen LogP contribution in [0.2, 0.25) is 20.1 Å². The molecule has 0 bridgehead atoms. The Hall–Kier alpha value is -12.3. The van der Waals surface area contributed by atoms with Crippen LogP contribution >= 0.6 is 85.5 Å². The molecule has 143 heavy (non-hydrogen) atoms. The van der Waals surface area contributed by atoms with Gasteiger partial charge in [-0.05, 0) is 253 Å². The van der Waals surface area contributed by atoms with Crippen molar-refractivity contribution in [3.63, 3.8) is 0 Å². The molecule has 0 spiro atoms. The molecule has 10 heterocycles.